The molecule has 2 fully saturated rings. The van der Waals surface area contributed by atoms with Crippen LogP contribution in [0.1, 0.15) is 62.2 Å². The molecule has 1 aliphatic carbocycles. The van der Waals surface area contributed by atoms with Crippen LogP contribution in [0.4, 0.5) is 8.78 Å². The first kappa shape index (κ1) is 21.4. The zero-order chi connectivity index (χ0) is 21.0. The van der Waals surface area contributed by atoms with Gasteiger partial charge in [0, 0.05) is 31.1 Å². The van der Waals surface area contributed by atoms with Gasteiger partial charge >= 0.3 is 17.9 Å². The second kappa shape index (κ2) is 9.01. The van der Waals surface area contributed by atoms with Crippen LogP contribution in [-0.2, 0) is 19.1 Å². The Kier molecular flexibility index (Phi) is 6.65. The van der Waals surface area contributed by atoms with Crippen LogP contribution >= 0.6 is 0 Å². The average Bonchev–Trinajstić information content (AvgIpc) is 3.20. The van der Waals surface area contributed by atoms with E-state index in [9.17, 15) is 23.2 Å². The number of rotatable bonds is 9. The highest BCUT2D eigenvalue weighted by Crippen LogP contribution is 2.45. The summed E-state index contributed by atoms with van der Waals surface area (Å²) in [5, 5.41) is 0. The molecule has 0 amide bonds. The van der Waals surface area contributed by atoms with Gasteiger partial charge in [0.1, 0.15) is 12.2 Å². The summed E-state index contributed by atoms with van der Waals surface area (Å²) < 4.78 is 39.0. The van der Waals surface area contributed by atoms with E-state index < -0.39 is 36.3 Å². The summed E-state index contributed by atoms with van der Waals surface area (Å²) in [7, 11) is 0. The van der Waals surface area contributed by atoms with Gasteiger partial charge in [0.2, 0.25) is 5.78 Å². The molecule has 5 nitrogen and oxygen atoms in total. The SMILES string of the molecule is CCCCC(F)(F)C(=O)CCC1C(OC(=O)c2ccccc2)CC2OC(=O)CC21. The first-order valence-corrected chi connectivity index (χ1v) is 10.2. The van der Waals surface area contributed by atoms with Crippen LogP contribution in [0.2, 0.25) is 0 Å². The van der Waals surface area contributed by atoms with Gasteiger partial charge in [-0.3, -0.25) is 9.59 Å². The molecule has 0 spiro atoms. The number of hydrogen-bond acceptors (Lipinski definition) is 5. The molecule has 4 unspecified atom stereocenters. The van der Waals surface area contributed by atoms with Crippen molar-refractivity contribution < 1.29 is 32.6 Å². The summed E-state index contributed by atoms with van der Waals surface area (Å²) in [6.45, 7) is 1.79. The molecule has 29 heavy (non-hydrogen) atoms. The lowest BCUT2D eigenvalue weighted by Gasteiger charge is -2.24. The standard InChI is InChI=1S/C22H26F2O5/c1-2-3-11-22(23,24)19(25)10-9-15-16-12-20(26)28-18(16)13-17(15)29-21(27)14-7-5-4-6-8-14/h4-8,15-18H,2-3,9-13H2,1H3. The Hall–Kier alpha value is -2.31. The van der Waals surface area contributed by atoms with Crippen molar-refractivity contribution in [1.82, 2.24) is 0 Å². The number of unbranched alkanes of at least 4 members (excludes halogenated alkanes) is 1. The maximum atomic E-state index is 14.0. The maximum Gasteiger partial charge on any atom is 0.338 e. The molecular formula is C22H26F2O5. The van der Waals surface area contributed by atoms with Gasteiger partial charge in [0.15, 0.2) is 0 Å². The number of halogens is 2. The number of carbonyl (C=O) groups excluding carboxylic acids is 3. The van der Waals surface area contributed by atoms with Crippen LogP contribution in [0.3, 0.4) is 0 Å². The van der Waals surface area contributed by atoms with Gasteiger partial charge in [-0.05, 0) is 25.0 Å². The molecule has 1 aromatic rings. The van der Waals surface area contributed by atoms with Crippen LogP contribution in [0.25, 0.3) is 0 Å². The molecule has 3 rings (SSSR count). The van der Waals surface area contributed by atoms with Crippen LogP contribution in [-0.4, -0.2) is 35.9 Å². The molecule has 7 heteroatoms. The normalized spacial score (nSPS) is 26.1. The molecule has 1 saturated carbocycles. The van der Waals surface area contributed by atoms with Crippen LogP contribution in [0.5, 0.6) is 0 Å². The number of benzene rings is 1. The van der Waals surface area contributed by atoms with Gasteiger partial charge in [0.05, 0.1) is 12.0 Å². The number of hydrogen-bond donors (Lipinski definition) is 0. The largest absolute Gasteiger partial charge is 0.462 e. The molecule has 0 radical (unpaired) electrons. The smallest absolute Gasteiger partial charge is 0.338 e. The number of esters is 2. The van der Waals surface area contributed by atoms with Gasteiger partial charge in [0.25, 0.3) is 0 Å². The Morgan fingerprint density at radius 1 is 1.24 bits per heavy atom. The van der Waals surface area contributed by atoms with E-state index in [4.69, 9.17) is 9.47 Å². The summed E-state index contributed by atoms with van der Waals surface area (Å²) in [6, 6.07) is 8.48. The van der Waals surface area contributed by atoms with Gasteiger partial charge in [-0.1, -0.05) is 31.5 Å². The molecule has 0 bridgehead atoms. The van der Waals surface area contributed by atoms with E-state index in [-0.39, 0.29) is 43.5 Å². The molecule has 4 atom stereocenters. The fourth-order valence-electron chi connectivity index (χ4n) is 4.29. The highest BCUT2D eigenvalue weighted by atomic mass is 19.3. The second-order valence-electron chi connectivity index (χ2n) is 7.88. The Balaban J connectivity index is 1.66. The molecule has 1 heterocycles. The van der Waals surface area contributed by atoms with E-state index in [0.29, 0.717) is 18.4 Å². The average molecular weight is 408 g/mol. The first-order valence-electron chi connectivity index (χ1n) is 10.2. The third-order valence-electron chi connectivity index (χ3n) is 5.88. The number of Topliss-reactive ketones (excluding diaryl/α,β-unsaturated/α-hetero) is 1. The van der Waals surface area contributed by atoms with Crippen molar-refractivity contribution in [3.8, 4) is 0 Å². The van der Waals surface area contributed by atoms with Crippen molar-refractivity contribution >= 4 is 17.7 Å². The highest BCUT2D eigenvalue weighted by molar-refractivity contribution is 5.89. The predicted molar refractivity (Wildman–Crippen MR) is 100 cm³/mol. The van der Waals surface area contributed by atoms with E-state index in [1.54, 1.807) is 37.3 Å². The second-order valence-corrected chi connectivity index (χ2v) is 7.88. The van der Waals surface area contributed by atoms with E-state index in [1.807, 2.05) is 0 Å². The minimum atomic E-state index is -3.34. The monoisotopic (exact) mass is 408 g/mol. The Morgan fingerprint density at radius 2 is 1.97 bits per heavy atom. The molecule has 0 aromatic heterocycles. The summed E-state index contributed by atoms with van der Waals surface area (Å²) in [5.41, 5.74) is 0.391. The Labute approximate surface area is 168 Å². The van der Waals surface area contributed by atoms with Gasteiger partial charge in [-0.25, -0.2) is 4.79 Å². The van der Waals surface area contributed by atoms with Crippen molar-refractivity contribution in [1.29, 1.82) is 0 Å². The van der Waals surface area contributed by atoms with Crippen molar-refractivity contribution in [3.63, 3.8) is 0 Å². The minimum Gasteiger partial charge on any atom is -0.462 e. The third-order valence-corrected chi connectivity index (χ3v) is 5.88. The summed E-state index contributed by atoms with van der Waals surface area (Å²) in [6.07, 6.45) is -0.204. The highest BCUT2D eigenvalue weighted by Gasteiger charge is 2.52. The number of alkyl halides is 2. The van der Waals surface area contributed by atoms with E-state index in [1.165, 1.54) is 0 Å². The fraction of sp³-hybridized carbons (Fsp3) is 0.591. The third kappa shape index (κ3) is 5.00. The topological polar surface area (TPSA) is 69.7 Å². The molecule has 0 N–H and O–H groups in total. The molecule has 158 valence electrons. The Morgan fingerprint density at radius 3 is 2.66 bits per heavy atom. The predicted octanol–water partition coefficient (Wildman–Crippen LogP) is 4.34. The quantitative estimate of drug-likeness (QED) is 0.569. The lowest BCUT2D eigenvalue weighted by molar-refractivity contribution is -0.144. The van der Waals surface area contributed by atoms with E-state index in [0.717, 1.165) is 0 Å². The zero-order valence-electron chi connectivity index (χ0n) is 16.4. The number of ether oxygens (including phenoxy) is 2. The molecule has 2 aliphatic rings. The molecular weight excluding hydrogens is 382 g/mol. The van der Waals surface area contributed by atoms with E-state index in [2.05, 4.69) is 0 Å². The maximum absolute atomic E-state index is 14.0. The zero-order valence-corrected chi connectivity index (χ0v) is 16.4. The van der Waals surface area contributed by atoms with Crippen LogP contribution < -0.4 is 0 Å². The lowest BCUT2D eigenvalue weighted by Crippen LogP contribution is -2.31. The molecule has 1 saturated heterocycles. The van der Waals surface area contributed by atoms with Gasteiger partial charge in [-0.15, -0.1) is 0 Å². The lowest BCUT2D eigenvalue weighted by atomic mass is 9.86. The molecule has 1 aliphatic heterocycles. The minimum absolute atomic E-state index is 0.144. The first-order chi connectivity index (χ1) is 13.8. The van der Waals surface area contributed by atoms with Crippen LogP contribution in [0.15, 0.2) is 30.3 Å². The van der Waals surface area contributed by atoms with Crippen molar-refractivity contribution in [3.05, 3.63) is 35.9 Å². The van der Waals surface area contributed by atoms with Crippen molar-refractivity contribution in [2.24, 2.45) is 11.8 Å². The molecule has 1 aromatic carbocycles. The van der Waals surface area contributed by atoms with Crippen molar-refractivity contribution in [2.45, 2.75) is 70.0 Å². The number of ketones is 1. The summed E-state index contributed by atoms with van der Waals surface area (Å²) in [5.74, 6) is -5.85. The summed E-state index contributed by atoms with van der Waals surface area (Å²) in [4.78, 5) is 36.2. The number of fused-ring (bicyclic) bond motifs is 1. The van der Waals surface area contributed by atoms with Crippen molar-refractivity contribution in [2.75, 3.05) is 0 Å². The fourth-order valence-corrected chi connectivity index (χ4v) is 4.29. The number of carbonyl (C=O) groups is 3. The summed E-state index contributed by atoms with van der Waals surface area (Å²) >= 11 is 0. The van der Waals surface area contributed by atoms with Gasteiger partial charge in [-0.2, -0.15) is 8.78 Å². The Bertz CT molecular complexity index is 749. The van der Waals surface area contributed by atoms with E-state index >= 15 is 0 Å². The van der Waals surface area contributed by atoms with Gasteiger partial charge < -0.3 is 9.47 Å². The van der Waals surface area contributed by atoms with Crippen LogP contribution in [0, 0.1) is 11.8 Å².